The van der Waals surface area contributed by atoms with E-state index >= 15 is 0 Å². The lowest BCUT2D eigenvalue weighted by Crippen LogP contribution is -2.39. The molecule has 0 saturated carbocycles. The zero-order chi connectivity index (χ0) is 17.2. The first-order chi connectivity index (χ1) is 11.7. The Labute approximate surface area is 142 Å². The Hall–Kier alpha value is -2.63. The van der Waals surface area contributed by atoms with Crippen LogP contribution in [0.25, 0.3) is 0 Å². The second-order valence-corrected chi connectivity index (χ2v) is 5.24. The highest BCUT2D eigenvalue weighted by atomic mass is 19.1. The van der Waals surface area contributed by atoms with Gasteiger partial charge in [0.25, 0.3) is 0 Å². The van der Waals surface area contributed by atoms with Crippen molar-refractivity contribution < 1.29 is 9.13 Å². The monoisotopic (exact) mass is 330 g/mol. The Morgan fingerprint density at radius 1 is 1.29 bits per heavy atom. The first kappa shape index (κ1) is 17.7. The molecule has 5 nitrogen and oxygen atoms in total. The number of hydrogen-bond acceptors (Lipinski definition) is 3. The highest BCUT2D eigenvalue weighted by Crippen LogP contribution is 2.10. The number of halogens is 1. The zero-order valence-corrected chi connectivity index (χ0v) is 14.1. The number of aromatic nitrogens is 1. The average Bonchev–Trinajstić information content (AvgIpc) is 2.60. The third-order valence-corrected chi connectivity index (χ3v) is 3.28. The molecule has 0 aliphatic rings. The van der Waals surface area contributed by atoms with Gasteiger partial charge in [0.1, 0.15) is 18.2 Å². The molecule has 0 saturated heterocycles. The number of nitrogens with zero attached hydrogens (tertiary/aromatic N) is 2. The lowest BCUT2D eigenvalue weighted by atomic mass is 10.1. The Morgan fingerprint density at radius 3 is 2.88 bits per heavy atom. The summed E-state index contributed by atoms with van der Waals surface area (Å²) in [6.45, 7) is 6.12. The number of aliphatic imine (C=N–C) groups is 1. The molecule has 24 heavy (non-hydrogen) atoms. The zero-order valence-electron chi connectivity index (χ0n) is 14.1. The Bertz CT molecular complexity index is 661. The molecule has 1 aromatic heterocycles. The minimum Gasteiger partial charge on any atom is -0.490 e. The molecule has 2 rings (SSSR count). The number of ether oxygens (including phenoxy) is 1. The molecule has 2 aromatic rings. The van der Waals surface area contributed by atoms with Crippen LogP contribution >= 0.6 is 0 Å². The van der Waals surface area contributed by atoms with E-state index in [9.17, 15) is 4.39 Å². The molecule has 0 fully saturated rings. The summed E-state index contributed by atoms with van der Waals surface area (Å²) in [5.74, 6) is 1.25. The average molecular weight is 330 g/mol. The minimum absolute atomic E-state index is 0.194. The Balaban J connectivity index is 1.82. The van der Waals surface area contributed by atoms with Crippen molar-refractivity contribution in [3.8, 4) is 5.75 Å². The first-order valence-electron chi connectivity index (χ1n) is 7.99. The van der Waals surface area contributed by atoms with Gasteiger partial charge in [-0.05, 0) is 43.2 Å². The van der Waals surface area contributed by atoms with E-state index in [-0.39, 0.29) is 5.82 Å². The second-order valence-electron chi connectivity index (χ2n) is 5.24. The number of nitrogens with one attached hydrogen (secondary N) is 2. The second kappa shape index (κ2) is 9.50. The van der Waals surface area contributed by atoms with Crippen LogP contribution in [0, 0.1) is 12.7 Å². The van der Waals surface area contributed by atoms with Gasteiger partial charge >= 0.3 is 0 Å². The standard InChI is InChI=1S/C18H23FN4O/c1-3-21-18(22-9-10-24-16-5-4-8-20-13-16)23-12-15-6-7-17(19)14(2)11-15/h4-8,11,13H,3,9-10,12H2,1-2H3,(H2,21,22,23). The molecular formula is C18H23FN4O. The molecule has 0 unspecified atom stereocenters. The summed E-state index contributed by atoms with van der Waals surface area (Å²) < 4.78 is 18.9. The summed E-state index contributed by atoms with van der Waals surface area (Å²) in [5.41, 5.74) is 1.60. The molecule has 1 heterocycles. The molecule has 0 amide bonds. The molecule has 6 heteroatoms. The fraction of sp³-hybridized carbons (Fsp3) is 0.333. The number of rotatable bonds is 7. The number of aryl methyl sites for hydroxylation is 1. The van der Waals surface area contributed by atoms with Crippen molar-refractivity contribution in [2.24, 2.45) is 4.99 Å². The fourth-order valence-corrected chi connectivity index (χ4v) is 2.09. The predicted octanol–water partition coefficient (Wildman–Crippen LogP) is 2.66. The van der Waals surface area contributed by atoms with Crippen LogP contribution in [-0.2, 0) is 6.54 Å². The Morgan fingerprint density at radius 2 is 2.17 bits per heavy atom. The minimum atomic E-state index is -0.194. The maximum Gasteiger partial charge on any atom is 0.191 e. The molecular weight excluding hydrogens is 307 g/mol. The van der Waals surface area contributed by atoms with Crippen LogP contribution in [0.15, 0.2) is 47.7 Å². The highest BCUT2D eigenvalue weighted by molar-refractivity contribution is 5.79. The first-order valence-corrected chi connectivity index (χ1v) is 7.99. The molecule has 2 N–H and O–H groups in total. The molecule has 0 atom stereocenters. The third-order valence-electron chi connectivity index (χ3n) is 3.28. The van der Waals surface area contributed by atoms with Crippen LogP contribution in [0.2, 0.25) is 0 Å². The third kappa shape index (κ3) is 5.87. The summed E-state index contributed by atoms with van der Waals surface area (Å²) >= 11 is 0. The number of hydrogen-bond donors (Lipinski definition) is 2. The molecule has 0 aliphatic carbocycles. The quantitative estimate of drug-likeness (QED) is 0.465. The Kier molecular flexibility index (Phi) is 7.01. The van der Waals surface area contributed by atoms with E-state index < -0.39 is 0 Å². The largest absolute Gasteiger partial charge is 0.490 e. The van der Waals surface area contributed by atoms with Crippen LogP contribution in [0.5, 0.6) is 5.75 Å². The van der Waals surface area contributed by atoms with Crippen molar-refractivity contribution in [3.05, 3.63) is 59.7 Å². The van der Waals surface area contributed by atoms with Crippen molar-refractivity contribution >= 4 is 5.96 Å². The summed E-state index contributed by atoms with van der Waals surface area (Å²) in [6.07, 6.45) is 3.38. The lowest BCUT2D eigenvalue weighted by molar-refractivity contribution is 0.320. The van der Waals surface area contributed by atoms with E-state index in [4.69, 9.17) is 4.74 Å². The van der Waals surface area contributed by atoms with Gasteiger partial charge in [-0.3, -0.25) is 4.98 Å². The molecule has 0 spiro atoms. The highest BCUT2D eigenvalue weighted by Gasteiger charge is 2.01. The van der Waals surface area contributed by atoms with Gasteiger partial charge in [-0.15, -0.1) is 0 Å². The topological polar surface area (TPSA) is 58.5 Å². The number of guanidine groups is 1. The van der Waals surface area contributed by atoms with Gasteiger partial charge in [0.05, 0.1) is 19.3 Å². The van der Waals surface area contributed by atoms with Crippen molar-refractivity contribution in [1.82, 2.24) is 15.6 Å². The molecule has 0 bridgehead atoms. The summed E-state index contributed by atoms with van der Waals surface area (Å²) in [5, 5.41) is 6.38. The molecule has 1 aromatic carbocycles. The molecule has 0 aliphatic heterocycles. The van der Waals surface area contributed by atoms with Crippen molar-refractivity contribution in [1.29, 1.82) is 0 Å². The van der Waals surface area contributed by atoms with Crippen molar-refractivity contribution in [3.63, 3.8) is 0 Å². The van der Waals surface area contributed by atoms with Gasteiger partial charge in [0.2, 0.25) is 0 Å². The van der Waals surface area contributed by atoms with Gasteiger partial charge < -0.3 is 15.4 Å². The van der Waals surface area contributed by atoms with E-state index in [2.05, 4.69) is 20.6 Å². The van der Waals surface area contributed by atoms with Gasteiger partial charge in [0.15, 0.2) is 5.96 Å². The number of pyridine rings is 1. The summed E-state index contributed by atoms with van der Waals surface area (Å²) in [7, 11) is 0. The lowest BCUT2D eigenvalue weighted by Gasteiger charge is -2.12. The van der Waals surface area contributed by atoms with Gasteiger partial charge in [-0.1, -0.05) is 12.1 Å². The molecule has 128 valence electrons. The number of benzene rings is 1. The van der Waals surface area contributed by atoms with Crippen molar-refractivity contribution in [2.75, 3.05) is 19.7 Å². The molecule has 0 radical (unpaired) electrons. The van der Waals surface area contributed by atoms with Crippen LogP contribution in [0.4, 0.5) is 4.39 Å². The van der Waals surface area contributed by atoms with E-state index in [1.807, 2.05) is 25.1 Å². The summed E-state index contributed by atoms with van der Waals surface area (Å²) in [6, 6.07) is 8.74. The van der Waals surface area contributed by atoms with Crippen LogP contribution < -0.4 is 15.4 Å². The van der Waals surface area contributed by atoms with Crippen molar-refractivity contribution in [2.45, 2.75) is 20.4 Å². The maximum absolute atomic E-state index is 13.3. The fourth-order valence-electron chi connectivity index (χ4n) is 2.09. The van der Waals surface area contributed by atoms with Gasteiger partial charge in [-0.2, -0.15) is 0 Å². The van der Waals surface area contributed by atoms with E-state index in [0.717, 1.165) is 17.9 Å². The smallest absolute Gasteiger partial charge is 0.191 e. The van der Waals surface area contributed by atoms with Gasteiger partial charge in [0, 0.05) is 12.7 Å². The van der Waals surface area contributed by atoms with E-state index in [1.54, 1.807) is 25.4 Å². The van der Waals surface area contributed by atoms with E-state index in [0.29, 0.717) is 31.2 Å². The maximum atomic E-state index is 13.3. The van der Waals surface area contributed by atoms with Crippen LogP contribution in [0.3, 0.4) is 0 Å². The SMILES string of the molecule is CCNC(=NCc1ccc(F)c(C)c1)NCCOc1cccnc1. The normalized spacial score (nSPS) is 11.2. The van der Waals surface area contributed by atoms with E-state index in [1.165, 1.54) is 6.07 Å². The van der Waals surface area contributed by atoms with Crippen LogP contribution in [0.1, 0.15) is 18.1 Å². The predicted molar refractivity (Wildman–Crippen MR) is 93.7 cm³/mol. The van der Waals surface area contributed by atoms with Gasteiger partial charge in [-0.25, -0.2) is 9.38 Å². The summed E-state index contributed by atoms with van der Waals surface area (Å²) in [4.78, 5) is 8.50. The van der Waals surface area contributed by atoms with Crippen LogP contribution in [-0.4, -0.2) is 30.6 Å².